The minimum Gasteiger partial charge on any atom is -0.354 e. The predicted octanol–water partition coefficient (Wildman–Crippen LogP) is 1.04. The van der Waals surface area contributed by atoms with Gasteiger partial charge in [0.2, 0.25) is 5.16 Å². The number of nitrogens with zero attached hydrogens (tertiary/aromatic N) is 5. The highest BCUT2D eigenvalue weighted by atomic mass is 32.2. The van der Waals surface area contributed by atoms with E-state index in [1.54, 1.807) is 36.4 Å². The Balaban J connectivity index is 1.94. The smallest absolute Gasteiger partial charge is 0.209 e. The summed E-state index contributed by atoms with van der Waals surface area (Å²) in [6.07, 6.45) is 1.43. The molecule has 0 N–H and O–H groups in total. The van der Waals surface area contributed by atoms with E-state index in [0.717, 1.165) is 15.9 Å². The minimum atomic E-state index is -0.354. The van der Waals surface area contributed by atoms with E-state index in [2.05, 4.69) is 20.5 Å². The minimum absolute atomic E-state index is 0.354. The van der Waals surface area contributed by atoms with Gasteiger partial charge < -0.3 is 9.47 Å². The Hall–Kier alpha value is -1.03. The molecule has 2 aromatic rings. The van der Waals surface area contributed by atoms with Crippen molar-refractivity contribution in [3.63, 3.8) is 0 Å². The van der Waals surface area contributed by atoms with Crippen LogP contribution in [0.1, 0.15) is 5.01 Å². The quantitative estimate of drug-likeness (QED) is 0.556. The Morgan fingerprint density at radius 1 is 1.44 bits per heavy atom. The first-order valence-electron chi connectivity index (χ1n) is 5.16. The second-order valence-corrected chi connectivity index (χ2v) is 5.18. The number of ether oxygens (including phenoxy) is 2. The van der Waals surface area contributed by atoms with Crippen molar-refractivity contribution in [3.8, 4) is 0 Å². The van der Waals surface area contributed by atoms with Gasteiger partial charge in [0.1, 0.15) is 5.01 Å². The van der Waals surface area contributed by atoms with Crippen molar-refractivity contribution in [2.24, 2.45) is 0 Å². The Morgan fingerprint density at radius 2 is 2.28 bits per heavy atom. The molecule has 0 aliphatic rings. The Morgan fingerprint density at radius 3 is 2.94 bits per heavy atom. The number of hydrogen-bond donors (Lipinski definition) is 0. The Labute approximate surface area is 113 Å². The number of thiazole rings is 1. The van der Waals surface area contributed by atoms with Crippen molar-refractivity contribution in [1.82, 2.24) is 25.2 Å². The lowest BCUT2D eigenvalue weighted by Crippen LogP contribution is -2.21. The van der Waals surface area contributed by atoms with Crippen LogP contribution in [0.15, 0.2) is 16.7 Å². The molecule has 0 saturated heterocycles. The third-order valence-corrected chi connectivity index (χ3v) is 4.09. The van der Waals surface area contributed by atoms with Crippen molar-refractivity contribution in [3.05, 3.63) is 16.6 Å². The number of aromatic nitrogens is 5. The summed E-state index contributed by atoms with van der Waals surface area (Å²) >= 11 is 3.15. The van der Waals surface area contributed by atoms with E-state index in [9.17, 15) is 0 Å². The number of tetrazole rings is 1. The summed E-state index contributed by atoms with van der Waals surface area (Å²) in [6, 6.07) is 0. The van der Waals surface area contributed by atoms with Crippen molar-refractivity contribution in [2.45, 2.75) is 23.7 Å². The van der Waals surface area contributed by atoms with Crippen LogP contribution in [0, 0.1) is 0 Å². The van der Waals surface area contributed by atoms with Crippen LogP contribution in [0.2, 0.25) is 0 Å². The maximum Gasteiger partial charge on any atom is 0.209 e. The molecule has 9 heteroatoms. The second-order valence-electron chi connectivity index (χ2n) is 3.26. The highest BCUT2D eigenvalue weighted by Crippen LogP contribution is 2.21. The van der Waals surface area contributed by atoms with E-state index in [0.29, 0.717) is 6.54 Å². The second kappa shape index (κ2) is 6.78. The lowest BCUT2D eigenvalue weighted by atomic mass is 10.6. The lowest BCUT2D eigenvalue weighted by Gasteiger charge is -2.13. The average molecular weight is 287 g/mol. The molecule has 98 valence electrons. The van der Waals surface area contributed by atoms with Gasteiger partial charge in [0.05, 0.1) is 12.3 Å². The molecule has 2 aromatic heterocycles. The fraction of sp³-hybridized carbons (Fsp3) is 0.556. The fourth-order valence-electron chi connectivity index (χ4n) is 1.25. The van der Waals surface area contributed by atoms with Gasteiger partial charge in [-0.05, 0) is 10.4 Å². The van der Waals surface area contributed by atoms with E-state index in [-0.39, 0.29) is 6.29 Å². The molecule has 0 bridgehead atoms. The first-order valence-corrected chi connectivity index (χ1v) is 7.03. The number of methoxy groups -OCH3 is 2. The zero-order valence-electron chi connectivity index (χ0n) is 10.0. The van der Waals surface area contributed by atoms with Crippen molar-refractivity contribution < 1.29 is 9.47 Å². The van der Waals surface area contributed by atoms with Gasteiger partial charge in [-0.15, -0.1) is 16.4 Å². The monoisotopic (exact) mass is 287 g/mol. The van der Waals surface area contributed by atoms with Crippen LogP contribution in [-0.2, 0) is 21.8 Å². The molecular formula is C9H13N5O2S2. The van der Waals surface area contributed by atoms with Crippen LogP contribution in [-0.4, -0.2) is 45.7 Å². The fourth-order valence-corrected chi connectivity index (χ4v) is 2.78. The van der Waals surface area contributed by atoms with Crippen molar-refractivity contribution in [1.29, 1.82) is 0 Å². The zero-order valence-corrected chi connectivity index (χ0v) is 11.6. The maximum absolute atomic E-state index is 5.12. The first-order chi connectivity index (χ1) is 8.83. The normalized spacial score (nSPS) is 11.3. The number of thioether (sulfide) groups is 1. The molecule has 0 unspecified atom stereocenters. The van der Waals surface area contributed by atoms with Gasteiger partial charge in [0, 0.05) is 25.8 Å². The largest absolute Gasteiger partial charge is 0.354 e. The number of rotatable bonds is 7. The van der Waals surface area contributed by atoms with Crippen LogP contribution >= 0.6 is 23.1 Å². The van der Waals surface area contributed by atoms with Crippen LogP contribution < -0.4 is 0 Å². The summed E-state index contributed by atoms with van der Waals surface area (Å²) in [5, 5.41) is 15.3. The molecular weight excluding hydrogens is 274 g/mol. The summed E-state index contributed by atoms with van der Waals surface area (Å²) < 4.78 is 11.9. The maximum atomic E-state index is 5.12. The van der Waals surface area contributed by atoms with Crippen molar-refractivity contribution >= 4 is 23.1 Å². The predicted molar refractivity (Wildman–Crippen MR) is 67.3 cm³/mol. The molecule has 0 spiro atoms. The van der Waals surface area contributed by atoms with E-state index < -0.39 is 0 Å². The van der Waals surface area contributed by atoms with Crippen LogP contribution in [0.5, 0.6) is 0 Å². The van der Waals surface area contributed by atoms with E-state index in [4.69, 9.17) is 9.47 Å². The van der Waals surface area contributed by atoms with Gasteiger partial charge in [0.15, 0.2) is 6.29 Å². The lowest BCUT2D eigenvalue weighted by molar-refractivity contribution is -0.113. The van der Waals surface area contributed by atoms with E-state index in [1.165, 1.54) is 11.8 Å². The highest BCUT2D eigenvalue weighted by Gasteiger charge is 2.13. The molecule has 0 saturated carbocycles. The SMILES string of the molecule is COC(Cn1nnnc1SCc1nccs1)OC. The van der Waals surface area contributed by atoms with Gasteiger partial charge in [-0.2, -0.15) is 0 Å². The van der Waals surface area contributed by atoms with Crippen LogP contribution in [0.25, 0.3) is 0 Å². The van der Waals surface area contributed by atoms with Gasteiger partial charge >= 0.3 is 0 Å². The summed E-state index contributed by atoms with van der Waals surface area (Å²) in [5.41, 5.74) is 0. The van der Waals surface area contributed by atoms with Crippen LogP contribution in [0.3, 0.4) is 0 Å². The molecule has 2 heterocycles. The third-order valence-electron chi connectivity index (χ3n) is 2.16. The Bertz CT molecular complexity index is 457. The molecule has 0 aromatic carbocycles. The topological polar surface area (TPSA) is 75.0 Å². The molecule has 2 rings (SSSR count). The summed E-state index contributed by atoms with van der Waals surface area (Å²) in [6.45, 7) is 0.459. The van der Waals surface area contributed by atoms with Crippen molar-refractivity contribution in [2.75, 3.05) is 14.2 Å². The molecule has 0 aliphatic heterocycles. The molecule has 18 heavy (non-hydrogen) atoms. The molecule has 0 aliphatic carbocycles. The van der Waals surface area contributed by atoms with Gasteiger partial charge in [-0.3, -0.25) is 0 Å². The third kappa shape index (κ3) is 3.48. The molecule has 0 atom stereocenters. The van der Waals surface area contributed by atoms with E-state index in [1.807, 2.05) is 5.38 Å². The van der Waals surface area contributed by atoms with Crippen LogP contribution in [0.4, 0.5) is 0 Å². The molecule has 0 fully saturated rings. The Kier molecular flexibility index (Phi) is 5.05. The standard InChI is InChI=1S/C9H13N5O2S2/c1-15-8(16-2)5-14-9(11-12-13-14)18-6-7-10-3-4-17-7/h3-4,8H,5-6H2,1-2H3. The van der Waals surface area contributed by atoms with E-state index >= 15 is 0 Å². The summed E-state index contributed by atoms with van der Waals surface area (Å²) in [4.78, 5) is 4.21. The summed E-state index contributed by atoms with van der Waals surface area (Å²) in [7, 11) is 3.17. The van der Waals surface area contributed by atoms with Gasteiger partial charge in [0.25, 0.3) is 0 Å². The molecule has 0 amide bonds. The summed E-state index contributed by atoms with van der Waals surface area (Å²) in [5.74, 6) is 0.753. The number of hydrogen-bond acceptors (Lipinski definition) is 8. The first kappa shape index (κ1) is 13.4. The molecule has 0 radical (unpaired) electrons. The zero-order chi connectivity index (χ0) is 12.8. The van der Waals surface area contributed by atoms with Gasteiger partial charge in [-0.25, -0.2) is 9.67 Å². The highest BCUT2D eigenvalue weighted by molar-refractivity contribution is 7.98. The molecule has 7 nitrogen and oxygen atoms in total. The average Bonchev–Trinajstić information content (AvgIpc) is 3.04. The van der Waals surface area contributed by atoms with Gasteiger partial charge in [-0.1, -0.05) is 11.8 Å².